The van der Waals surface area contributed by atoms with Gasteiger partial charge in [0.15, 0.2) is 0 Å². The van der Waals surface area contributed by atoms with Crippen LogP contribution in [0.2, 0.25) is 5.02 Å². The van der Waals surface area contributed by atoms with Crippen LogP contribution in [0.15, 0.2) is 42.5 Å². The van der Waals surface area contributed by atoms with E-state index in [0.717, 1.165) is 6.07 Å². The molecule has 0 saturated carbocycles. The quantitative estimate of drug-likeness (QED) is 0.838. The van der Waals surface area contributed by atoms with Crippen LogP contribution in [0.3, 0.4) is 0 Å². The average Bonchev–Trinajstić information content (AvgIpc) is 2.48. The summed E-state index contributed by atoms with van der Waals surface area (Å²) < 4.78 is 13.6. The molecule has 106 valence electrons. The number of carbonyl (C=O) groups is 1. The fourth-order valence-corrected chi connectivity index (χ4v) is 1.84. The Morgan fingerprint density at radius 3 is 2.81 bits per heavy atom. The molecule has 0 atom stereocenters. The molecule has 1 amide bonds. The molecule has 3 nitrogen and oxygen atoms in total. The van der Waals surface area contributed by atoms with E-state index in [1.807, 2.05) is 0 Å². The van der Waals surface area contributed by atoms with E-state index in [4.69, 9.17) is 17.3 Å². The number of halogens is 2. The molecular formula is C16H12ClFN2O. The number of amides is 1. The molecule has 2 rings (SSSR count). The molecule has 2 aromatic carbocycles. The number of rotatable bonds is 2. The summed E-state index contributed by atoms with van der Waals surface area (Å²) >= 11 is 5.66. The summed E-state index contributed by atoms with van der Waals surface area (Å²) in [4.78, 5) is 12.1. The smallest absolute Gasteiger partial charge is 0.255 e. The molecule has 0 radical (unpaired) electrons. The topological polar surface area (TPSA) is 55.1 Å². The highest BCUT2D eigenvalue weighted by Crippen LogP contribution is 2.19. The predicted octanol–water partition coefficient (Wildman–Crippen LogP) is 3.04. The number of hydrogen-bond donors (Lipinski definition) is 2. The van der Waals surface area contributed by atoms with Crippen LogP contribution in [0.25, 0.3) is 0 Å². The maximum atomic E-state index is 13.6. The van der Waals surface area contributed by atoms with E-state index in [2.05, 4.69) is 17.2 Å². The van der Waals surface area contributed by atoms with Gasteiger partial charge in [-0.15, -0.1) is 0 Å². The van der Waals surface area contributed by atoms with E-state index in [1.165, 1.54) is 12.1 Å². The van der Waals surface area contributed by atoms with Gasteiger partial charge in [-0.3, -0.25) is 4.79 Å². The van der Waals surface area contributed by atoms with Gasteiger partial charge in [-0.05, 0) is 36.4 Å². The molecule has 0 aliphatic heterocycles. The van der Waals surface area contributed by atoms with E-state index >= 15 is 0 Å². The van der Waals surface area contributed by atoms with Crippen molar-refractivity contribution >= 4 is 23.2 Å². The van der Waals surface area contributed by atoms with Gasteiger partial charge in [0, 0.05) is 16.1 Å². The van der Waals surface area contributed by atoms with Crippen molar-refractivity contribution in [2.75, 3.05) is 11.9 Å². The maximum absolute atomic E-state index is 13.6. The fraction of sp³-hybridized carbons (Fsp3) is 0.0625. The van der Waals surface area contributed by atoms with E-state index in [9.17, 15) is 9.18 Å². The van der Waals surface area contributed by atoms with Gasteiger partial charge in [0.2, 0.25) is 0 Å². The second kappa shape index (κ2) is 6.89. The Labute approximate surface area is 126 Å². The lowest BCUT2D eigenvalue weighted by Gasteiger charge is -2.07. The van der Waals surface area contributed by atoms with Crippen molar-refractivity contribution in [3.8, 4) is 11.8 Å². The van der Waals surface area contributed by atoms with Crippen molar-refractivity contribution in [1.82, 2.24) is 0 Å². The molecule has 0 saturated heterocycles. The first-order valence-corrected chi connectivity index (χ1v) is 6.53. The predicted molar refractivity (Wildman–Crippen MR) is 81.7 cm³/mol. The largest absolute Gasteiger partial charge is 0.320 e. The molecule has 0 fully saturated rings. The van der Waals surface area contributed by atoms with Crippen molar-refractivity contribution in [3.05, 3.63) is 64.4 Å². The lowest BCUT2D eigenvalue weighted by molar-refractivity contribution is 0.102. The van der Waals surface area contributed by atoms with E-state index < -0.39 is 11.7 Å². The Bertz CT molecular complexity index is 735. The van der Waals surface area contributed by atoms with Crippen LogP contribution in [0.4, 0.5) is 10.1 Å². The van der Waals surface area contributed by atoms with Crippen molar-refractivity contribution in [2.24, 2.45) is 5.73 Å². The van der Waals surface area contributed by atoms with E-state index in [-0.39, 0.29) is 17.3 Å². The number of hydrogen-bond acceptors (Lipinski definition) is 2. The van der Waals surface area contributed by atoms with Crippen LogP contribution in [0, 0.1) is 17.7 Å². The molecule has 0 aliphatic carbocycles. The van der Waals surface area contributed by atoms with Crippen molar-refractivity contribution < 1.29 is 9.18 Å². The van der Waals surface area contributed by atoms with Crippen LogP contribution in [0.1, 0.15) is 15.9 Å². The van der Waals surface area contributed by atoms with Crippen LogP contribution in [0.5, 0.6) is 0 Å². The number of nitrogens with two attached hydrogens (primary N) is 1. The van der Waals surface area contributed by atoms with Gasteiger partial charge in [-0.25, -0.2) is 4.39 Å². The molecule has 2 aromatic rings. The molecule has 0 heterocycles. The summed E-state index contributed by atoms with van der Waals surface area (Å²) in [6.07, 6.45) is 0. The second-order valence-corrected chi connectivity index (χ2v) is 4.60. The molecule has 0 aromatic heterocycles. The Morgan fingerprint density at radius 2 is 2.10 bits per heavy atom. The summed E-state index contributed by atoms with van der Waals surface area (Å²) in [7, 11) is 0. The number of nitrogens with one attached hydrogen (secondary N) is 1. The molecule has 21 heavy (non-hydrogen) atoms. The van der Waals surface area contributed by atoms with Gasteiger partial charge in [0.05, 0.1) is 12.2 Å². The number of anilines is 1. The minimum absolute atomic E-state index is 0.0721. The zero-order valence-electron chi connectivity index (χ0n) is 11.0. The van der Waals surface area contributed by atoms with Crippen molar-refractivity contribution in [1.29, 1.82) is 0 Å². The third-order valence-corrected chi connectivity index (χ3v) is 2.87. The normalized spacial score (nSPS) is 9.67. The summed E-state index contributed by atoms with van der Waals surface area (Å²) in [6, 6.07) is 10.8. The van der Waals surface area contributed by atoms with Gasteiger partial charge in [-0.1, -0.05) is 29.5 Å². The maximum Gasteiger partial charge on any atom is 0.255 e. The highest BCUT2D eigenvalue weighted by Gasteiger charge is 2.09. The molecule has 0 spiro atoms. The molecule has 0 bridgehead atoms. The first-order valence-electron chi connectivity index (χ1n) is 6.15. The van der Waals surface area contributed by atoms with Gasteiger partial charge >= 0.3 is 0 Å². The van der Waals surface area contributed by atoms with Crippen LogP contribution in [-0.2, 0) is 0 Å². The Morgan fingerprint density at radius 1 is 1.29 bits per heavy atom. The second-order valence-electron chi connectivity index (χ2n) is 4.16. The minimum Gasteiger partial charge on any atom is -0.320 e. The molecule has 5 heteroatoms. The van der Waals surface area contributed by atoms with Gasteiger partial charge in [0.25, 0.3) is 5.91 Å². The Hall–Kier alpha value is -2.35. The summed E-state index contributed by atoms with van der Waals surface area (Å²) in [5.41, 5.74) is 6.43. The third kappa shape index (κ3) is 4.06. The summed E-state index contributed by atoms with van der Waals surface area (Å²) in [5, 5.41) is 2.76. The van der Waals surface area contributed by atoms with Crippen molar-refractivity contribution in [2.45, 2.75) is 0 Å². The molecule has 0 aliphatic rings. The first kappa shape index (κ1) is 15.0. The third-order valence-electron chi connectivity index (χ3n) is 2.64. The van der Waals surface area contributed by atoms with Gasteiger partial charge in [-0.2, -0.15) is 0 Å². The Kier molecular flexibility index (Phi) is 4.94. The summed E-state index contributed by atoms with van der Waals surface area (Å²) in [6.45, 7) is 0.242. The standard InChI is InChI=1S/C16H12ClFN2O/c17-13-6-7-15(14(18)10-13)20-16(21)12-5-1-3-11(9-12)4-2-8-19/h1,3,5-7,9-10H,8,19H2,(H,20,21). The monoisotopic (exact) mass is 302 g/mol. The number of benzene rings is 2. The fourth-order valence-electron chi connectivity index (χ4n) is 1.68. The minimum atomic E-state index is -0.588. The van der Waals surface area contributed by atoms with Crippen LogP contribution >= 0.6 is 11.6 Å². The SMILES string of the molecule is NCC#Cc1cccc(C(=O)Nc2ccc(Cl)cc2F)c1. The van der Waals surface area contributed by atoms with E-state index in [0.29, 0.717) is 11.1 Å². The van der Waals surface area contributed by atoms with Crippen LogP contribution < -0.4 is 11.1 Å². The lowest BCUT2D eigenvalue weighted by atomic mass is 10.1. The van der Waals surface area contributed by atoms with E-state index in [1.54, 1.807) is 24.3 Å². The summed E-state index contributed by atoms with van der Waals surface area (Å²) in [5.74, 6) is 4.53. The Balaban J connectivity index is 2.20. The molecule has 0 unspecified atom stereocenters. The zero-order chi connectivity index (χ0) is 15.2. The van der Waals surface area contributed by atoms with Crippen LogP contribution in [-0.4, -0.2) is 12.5 Å². The van der Waals surface area contributed by atoms with Gasteiger partial charge in [0.1, 0.15) is 5.82 Å². The first-order chi connectivity index (χ1) is 10.1. The van der Waals surface area contributed by atoms with Gasteiger partial charge < -0.3 is 11.1 Å². The zero-order valence-corrected chi connectivity index (χ0v) is 11.7. The lowest BCUT2D eigenvalue weighted by Crippen LogP contribution is -2.13. The number of carbonyl (C=O) groups excluding carboxylic acids is 1. The van der Waals surface area contributed by atoms with Crippen molar-refractivity contribution in [3.63, 3.8) is 0 Å². The molecular weight excluding hydrogens is 291 g/mol. The highest BCUT2D eigenvalue weighted by atomic mass is 35.5. The average molecular weight is 303 g/mol. The molecule has 3 N–H and O–H groups in total. The highest BCUT2D eigenvalue weighted by molar-refractivity contribution is 6.30.